The SMILES string of the molecule is COCCCCC[C@H]1CC[C@H](c2ccc(Cl)c(F)c2)CC1. The van der Waals surface area contributed by atoms with Crippen molar-refractivity contribution in [3.8, 4) is 0 Å². The van der Waals surface area contributed by atoms with Gasteiger partial charge in [0, 0.05) is 13.7 Å². The number of halogens is 2. The van der Waals surface area contributed by atoms with Crippen LogP contribution in [-0.2, 0) is 4.74 Å². The van der Waals surface area contributed by atoms with Crippen molar-refractivity contribution in [3.05, 3.63) is 34.6 Å². The van der Waals surface area contributed by atoms with Crippen LogP contribution in [0.15, 0.2) is 18.2 Å². The van der Waals surface area contributed by atoms with Gasteiger partial charge in [0.25, 0.3) is 0 Å². The van der Waals surface area contributed by atoms with Gasteiger partial charge in [-0.3, -0.25) is 0 Å². The molecular formula is C18H26ClFO. The Morgan fingerprint density at radius 3 is 2.57 bits per heavy atom. The molecule has 1 aliphatic carbocycles. The number of ether oxygens (including phenoxy) is 1. The minimum absolute atomic E-state index is 0.225. The number of benzene rings is 1. The zero-order valence-electron chi connectivity index (χ0n) is 12.9. The highest BCUT2D eigenvalue weighted by molar-refractivity contribution is 6.30. The monoisotopic (exact) mass is 312 g/mol. The van der Waals surface area contributed by atoms with Gasteiger partial charge in [0.05, 0.1) is 5.02 Å². The molecule has 0 unspecified atom stereocenters. The van der Waals surface area contributed by atoms with Crippen molar-refractivity contribution in [1.82, 2.24) is 0 Å². The predicted molar refractivity (Wildman–Crippen MR) is 86.5 cm³/mol. The Labute approximate surface area is 132 Å². The van der Waals surface area contributed by atoms with Crippen molar-refractivity contribution in [2.45, 2.75) is 57.3 Å². The second-order valence-electron chi connectivity index (χ2n) is 6.23. The van der Waals surface area contributed by atoms with Gasteiger partial charge in [-0.1, -0.05) is 36.9 Å². The summed E-state index contributed by atoms with van der Waals surface area (Å²) >= 11 is 5.75. The van der Waals surface area contributed by atoms with E-state index in [1.165, 1.54) is 51.4 Å². The topological polar surface area (TPSA) is 9.23 Å². The lowest BCUT2D eigenvalue weighted by atomic mass is 9.77. The van der Waals surface area contributed by atoms with Gasteiger partial charge in [-0.2, -0.15) is 0 Å². The summed E-state index contributed by atoms with van der Waals surface area (Å²) in [4.78, 5) is 0. The van der Waals surface area contributed by atoms with E-state index in [1.54, 1.807) is 19.2 Å². The number of hydrogen-bond acceptors (Lipinski definition) is 1. The smallest absolute Gasteiger partial charge is 0.142 e. The van der Waals surface area contributed by atoms with Crippen LogP contribution in [0.2, 0.25) is 5.02 Å². The second kappa shape index (κ2) is 8.75. The van der Waals surface area contributed by atoms with Crippen LogP contribution in [0.5, 0.6) is 0 Å². The number of rotatable bonds is 7. The summed E-state index contributed by atoms with van der Waals surface area (Å²) in [5.74, 6) is 1.09. The molecule has 0 aromatic heterocycles. The summed E-state index contributed by atoms with van der Waals surface area (Å²) in [6.07, 6.45) is 10.0. The van der Waals surface area contributed by atoms with Crippen LogP contribution >= 0.6 is 11.6 Å². The maximum absolute atomic E-state index is 13.5. The van der Waals surface area contributed by atoms with E-state index < -0.39 is 0 Å². The summed E-state index contributed by atoms with van der Waals surface area (Å²) in [6.45, 7) is 0.884. The van der Waals surface area contributed by atoms with E-state index in [4.69, 9.17) is 16.3 Å². The molecule has 3 heteroatoms. The van der Waals surface area contributed by atoms with Gasteiger partial charge >= 0.3 is 0 Å². The van der Waals surface area contributed by atoms with Crippen molar-refractivity contribution in [3.63, 3.8) is 0 Å². The van der Waals surface area contributed by atoms with Crippen molar-refractivity contribution < 1.29 is 9.13 Å². The Balaban J connectivity index is 1.71. The van der Waals surface area contributed by atoms with E-state index in [2.05, 4.69) is 0 Å². The summed E-state index contributed by atoms with van der Waals surface area (Å²) in [5.41, 5.74) is 1.12. The van der Waals surface area contributed by atoms with E-state index in [1.807, 2.05) is 6.07 Å². The van der Waals surface area contributed by atoms with Gasteiger partial charge in [-0.05, 0) is 61.6 Å². The van der Waals surface area contributed by atoms with Crippen molar-refractivity contribution in [1.29, 1.82) is 0 Å². The van der Waals surface area contributed by atoms with Crippen LogP contribution in [0.4, 0.5) is 4.39 Å². The summed E-state index contributed by atoms with van der Waals surface area (Å²) < 4.78 is 18.6. The van der Waals surface area contributed by atoms with E-state index >= 15 is 0 Å². The van der Waals surface area contributed by atoms with Crippen LogP contribution < -0.4 is 0 Å². The summed E-state index contributed by atoms with van der Waals surface area (Å²) in [5, 5.41) is 0.225. The molecule has 0 atom stereocenters. The van der Waals surface area contributed by atoms with Gasteiger partial charge < -0.3 is 4.74 Å². The summed E-state index contributed by atoms with van der Waals surface area (Å²) in [7, 11) is 1.76. The van der Waals surface area contributed by atoms with Crippen LogP contribution in [0, 0.1) is 11.7 Å². The van der Waals surface area contributed by atoms with Crippen molar-refractivity contribution >= 4 is 11.6 Å². The van der Waals surface area contributed by atoms with Crippen molar-refractivity contribution in [2.75, 3.05) is 13.7 Å². The molecule has 118 valence electrons. The fraction of sp³-hybridized carbons (Fsp3) is 0.667. The molecule has 21 heavy (non-hydrogen) atoms. The van der Waals surface area contributed by atoms with Crippen molar-refractivity contribution in [2.24, 2.45) is 5.92 Å². The molecule has 2 rings (SSSR count). The highest BCUT2D eigenvalue weighted by Gasteiger charge is 2.22. The average molecular weight is 313 g/mol. The molecule has 0 spiro atoms. The van der Waals surface area contributed by atoms with Gasteiger partial charge in [-0.15, -0.1) is 0 Å². The third kappa shape index (κ3) is 5.27. The molecular weight excluding hydrogens is 287 g/mol. The molecule has 1 aromatic rings. The van der Waals surface area contributed by atoms with Crippen LogP contribution in [0.3, 0.4) is 0 Å². The molecule has 0 aliphatic heterocycles. The first-order valence-corrected chi connectivity index (χ1v) is 8.52. The lowest BCUT2D eigenvalue weighted by molar-refractivity contribution is 0.190. The Kier molecular flexibility index (Phi) is 6.98. The Bertz CT molecular complexity index is 427. The third-order valence-electron chi connectivity index (χ3n) is 4.72. The van der Waals surface area contributed by atoms with E-state index in [0.29, 0.717) is 5.92 Å². The van der Waals surface area contributed by atoms with E-state index in [-0.39, 0.29) is 10.8 Å². The van der Waals surface area contributed by atoms with E-state index in [0.717, 1.165) is 18.1 Å². The molecule has 1 nitrogen and oxygen atoms in total. The third-order valence-corrected chi connectivity index (χ3v) is 5.03. The molecule has 1 fully saturated rings. The fourth-order valence-electron chi connectivity index (χ4n) is 3.41. The minimum atomic E-state index is -0.283. The average Bonchev–Trinajstić information content (AvgIpc) is 2.50. The molecule has 1 aliphatic rings. The Morgan fingerprint density at radius 1 is 1.14 bits per heavy atom. The lowest BCUT2D eigenvalue weighted by Crippen LogP contribution is -2.13. The molecule has 0 saturated heterocycles. The molecule has 1 aromatic carbocycles. The normalized spacial score (nSPS) is 22.4. The number of unbranched alkanes of at least 4 members (excludes halogenated alkanes) is 2. The predicted octanol–water partition coefficient (Wildman–Crippen LogP) is 5.96. The standard InChI is InChI=1S/C18H26ClFO/c1-21-12-4-2-3-5-14-6-8-15(9-7-14)16-10-11-17(19)18(20)13-16/h10-11,13-15H,2-9,12H2,1H3/t14-,15-. The summed E-state index contributed by atoms with van der Waals surface area (Å²) in [6, 6.07) is 5.30. The Morgan fingerprint density at radius 2 is 1.90 bits per heavy atom. The van der Waals surface area contributed by atoms with Crippen LogP contribution in [0.25, 0.3) is 0 Å². The Hall–Kier alpha value is -0.600. The first-order valence-electron chi connectivity index (χ1n) is 8.14. The zero-order chi connectivity index (χ0) is 15.1. The fourth-order valence-corrected chi connectivity index (χ4v) is 3.52. The lowest BCUT2D eigenvalue weighted by Gasteiger charge is -2.29. The van der Waals surface area contributed by atoms with Gasteiger partial charge in [-0.25, -0.2) is 4.39 Å². The molecule has 0 heterocycles. The first kappa shape index (κ1) is 16.8. The molecule has 0 bridgehead atoms. The molecule has 1 saturated carbocycles. The zero-order valence-corrected chi connectivity index (χ0v) is 13.7. The number of hydrogen-bond donors (Lipinski definition) is 0. The van der Waals surface area contributed by atoms with Gasteiger partial charge in [0.15, 0.2) is 0 Å². The maximum Gasteiger partial charge on any atom is 0.142 e. The minimum Gasteiger partial charge on any atom is -0.385 e. The largest absolute Gasteiger partial charge is 0.385 e. The molecule has 0 amide bonds. The maximum atomic E-state index is 13.5. The van der Waals surface area contributed by atoms with Gasteiger partial charge in [0.1, 0.15) is 5.82 Å². The van der Waals surface area contributed by atoms with Crippen LogP contribution in [-0.4, -0.2) is 13.7 Å². The highest BCUT2D eigenvalue weighted by atomic mass is 35.5. The highest BCUT2D eigenvalue weighted by Crippen LogP contribution is 2.38. The second-order valence-corrected chi connectivity index (χ2v) is 6.64. The first-order chi connectivity index (χ1) is 10.2. The van der Waals surface area contributed by atoms with Crippen LogP contribution in [0.1, 0.15) is 62.8 Å². The van der Waals surface area contributed by atoms with Gasteiger partial charge in [0.2, 0.25) is 0 Å². The molecule has 0 radical (unpaired) electrons. The molecule has 0 N–H and O–H groups in total. The quantitative estimate of drug-likeness (QED) is 0.564. The van der Waals surface area contributed by atoms with E-state index in [9.17, 15) is 4.39 Å². The number of methoxy groups -OCH3 is 1.